The van der Waals surface area contributed by atoms with E-state index in [1.54, 1.807) is 13.8 Å². The lowest BCUT2D eigenvalue weighted by atomic mass is 9.48. The van der Waals surface area contributed by atoms with Crippen LogP contribution in [-0.4, -0.2) is 23.0 Å². The zero-order chi connectivity index (χ0) is 17.8. The zero-order valence-electron chi connectivity index (χ0n) is 14.9. The summed E-state index contributed by atoms with van der Waals surface area (Å²) in [7, 11) is 0. The van der Waals surface area contributed by atoms with Crippen molar-refractivity contribution in [3.63, 3.8) is 0 Å². The predicted octanol–water partition coefficient (Wildman–Crippen LogP) is 3.41. The molecule has 1 unspecified atom stereocenters. The van der Waals surface area contributed by atoms with E-state index in [0.29, 0.717) is 29.3 Å². The Morgan fingerprint density at radius 1 is 1.24 bits per heavy atom. The van der Waals surface area contributed by atoms with Crippen molar-refractivity contribution >= 4 is 11.8 Å². The second-order valence-electron chi connectivity index (χ2n) is 8.45. The summed E-state index contributed by atoms with van der Waals surface area (Å²) in [5.74, 6) is 2.33. The van der Waals surface area contributed by atoms with Gasteiger partial charge in [-0.1, -0.05) is 0 Å². The normalized spacial score (nSPS) is 34.1. The number of hydrogen-bond acceptors (Lipinski definition) is 5. The molecular weight excluding hydrogens is 320 g/mol. The van der Waals surface area contributed by atoms with Gasteiger partial charge in [0.05, 0.1) is 0 Å². The maximum atomic E-state index is 13.2. The lowest BCUT2D eigenvalue weighted by molar-refractivity contribution is -0.152. The fraction of sp³-hybridized carbons (Fsp3) is 0.700. The maximum absolute atomic E-state index is 13.2. The second kappa shape index (κ2) is 5.97. The van der Waals surface area contributed by atoms with Gasteiger partial charge < -0.3 is 14.3 Å². The summed E-state index contributed by atoms with van der Waals surface area (Å²) < 4.78 is 10.8. The minimum absolute atomic E-state index is 0.100. The van der Waals surface area contributed by atoms with E-state index in [4.69, 9.17) is 14.3 Å². The average Bonchev–Trinajstić information content (AvgIpc) is 2.94. The van der Waals surface area contributed by atoms with E-state index in [1.807, 2.05) is 0 Å². The maximum Gasteiger partial charge on any atom is 0.342 e. The molecule has 4 saturated carbocycles. The fourth-order valence-electron chi connectivity index (χ4n) is 5.95. The molecule has 25 heavy (non-hydrogen) atoms. The van der Waals surface area contributed by atoms with Crippen LogP contribution in [0.5, 0.6) is 0 Å². The van der Waals surface area contributed by atoms with Crippen molar-refractivity contribution in [3.8, 4) is 0 Å². The van der Waals surface area contributed by atoms with E-state index < -0.39 is 12.1 Å². The van der Waals surface area contributed by atoms with Gasteiger partial charge in [-0.15, -0.1) is 0 Å². The van der Waals surface area contributed by atoms with Gasteiger partial charge in [0.2, 0.25) is 0 Å². The Morgan fingerprint density at radius 2 is 1.80 bits per heavy atom. The van der Waals surface area contributed by atoms with Crippen molar-refractivity contribution < 1.29 is 23.8 Å². The number of carbonyl (C=O) groups is 2. The predicted molar refractivity (Wildman–Crippen MR) is 89.9 cm³/mol. The molecule has 4 bridgehead atoms. The van der Waals surface area contributed by atoms with Crippen LogP contribution in [0, 0.1) is 30.1 Å². The molecule has 0 spiro atoms. The Hall–Kier alpha value is -1.62. The summed E-state index contributed by atoms with van der Waals surface area (Å²) in [5.41, 5.74) is 0.0186. The number of ketones is 1. The Kier molecular flexibility index (Phi) is 4.02. The van der Waals surface area contributed by atoms with Gasteiger partial charge in [-0.25, -0.2) is 4.79 Å². The number of aryl methyl sites for hydroxylation is 1. The molecule has 0 saturated heterocycles. The first-order valence-electron chi connectivity index (χ1n) is 9.35. The highest BCUT2D eigenvalue weighted by atomic mass is 16.5. The molecule has 0 aromatic carbocycles. The third kappa shape index (κ3) is 2.82. The van der Waals surface area contributed by atoms with Crippen LogP contribution >= 0.6 is 0 Å². The van der Waals surface area contributed by atoms with Gasteiger partial charge >= 0.3 is 5.97 Å². The molecule has 0 amide bonds. The quantitative estimate of drug-likeness (QED) is 0.827. The van der Waals surface area contributed by atoms with Crippen molar-refractivity contribution in [3.05, 3.63) is 23.2 Å². The molecule has 4 aliphatic carbocycles. The highest BCUT2D eigenvalue weighted by molar-refractivity contribution is 5.95. The van der Waals surface area contributed by atoms with Crippen LogP contribution in [0.15, 0.2) is 10.5 Å². The first kappa shape index (κ1) is 16.8. The van der Waals surface area contributed by atoms with Crippen LogP contribution in [0.1, 0.15) is 67.3 Å². The molecule has 1 aromatic rings. The zero-order valence-corrected chi connectivity index (χ0v) is 14.9. The number of furan rings is 1. The summed E-state index contributed by atoms with van der Waals surface area (Å²) >= 11 is 0. The molecule has 4 fully saturated rings. The van der Waals surface area contributed by atoms with Crippen LogP contribution in [-0.2, 0) is 16.1 Å². The monoisotopic (exact) mass is 346 g/mol. The molecule has 5 heteroatoms. The Morgan fingerprint density at radius 3 is 2.28 bits per heavy atom. The van der Waals surface area contributed by atoms with Crippen LogP contribution < -0.4 is 0 Å². The summed E-state index contributed by atoms with van der Waals surface area (Å²) in [4.78, 5) is 25.6. The Labute approximate surface area is 147 Å². The second-order valence-corrected chi connectivity index (χ2v) is 8.45. The first-order chi connectivity index (χ1) is 11.9. The van der Waals surface area contributed by atoms with Gasteiger partial charge in [-0.3, -0.25) is 4.79 Å². The van der Waals surface area contributed by atoms with Crippen molar-refractivity contribution in [2.24, 2.45) is 23.2 Å². The number of hydrogen-bond donors (Lipinski definition) is 1. The molecule has 5 rings (SSSR count). The number of aliphatic hydroxyl groups is 1. The van der Waals surface area contributed by atoms with Crippen molar-refractivity contribution in [1.29, 1.82) is 0 Å². The molecule has 1 heterocycles. The minimum atomic E-state index is -0.740. The number of carbonyl (C=O) groups excluding carboxylic acids is 2. The lowest BCUT2D eigenvalue weighted by Gasteiger charge is -2.56. The van der Waals surface area contributed by atoms with Crippen LogP contribution in [0.25, 0.3) is 0 Å². The topological polar surface area (TPSA) is 76.7 Å². The molecule has 1 N–H and O–H groups in total. The molecule has 4 aliphatic rings. The SMILES string of the molecule is Cc1oc(CO)cc1C(=O)OC(C)C(=O)C12CC3CC(CC(C3)C1)C2. The third-order valence-electron chi connectivity index (χ3n) is 6.56. The highest BCUT2D eigenvalue weighted by Gasteiger charge is 2.55. The number of ether oxygens (including phenoxy) is 1. The lowest BCUT2D eigenvalue weighted by Crippen LogP contribution is -2.52. The van der Waals surface area contributed by atoms with Gasteiger partial charge in [0.1, 0.15) is 23.7 Å². The van der Waals surface area contributed by atoms with Gasteiger partial charge in [-0.2, -0.15) is 0 Å². The van der Waals surface area contributed by atoms with Crippen LogP contribution in [0.2, 0.25) is 0 Å². The van der Waals surface area contributed by atoms with Crippen molar-refractivity contribution in [2.45, 2.75) is 65.1 Å². The van der Waals surface area contributed by atoms with Gasteiger partial charge in [0.25, 0.3) is 0 Å². The van der Waals surface area contributed by atoms with E-state index >= 15 is 0 Å². The van der Waals surface area contributed by atoms with E-state index in [1.165, 1.54) is 25.3 Å². The van der Waals surface area contributed by atoms with Gasteiger partial charge in [-0.05, 0) is 76.2 Å². The largest absolute Gasteiger partial charge is 0.463 e. The average molecular weight is 346 g/mol. The molecule has 1 atom stereocenters. The molecule has 0 aliphatic heterocycles. The molecule has 1 aromatic heterocycles. The highest BCUT2D eigenvalue weighted by Crippen LogP contribution is 2.60. The summed E-state index contributed by atoms with van der Waals surface area (Å²) in [5, 5.41) is 9.12. The standard InChI is InChI=1S/C20H26O5/c1-11-17(6-16(10-21)24-11)19(23)25-12(2)18(22)20-7-13-3-14(8-20)5-15(4-13)9-20/h6,12-15,21H,3-5,7-10H2,1-2H3. The number of rotatable bonds is 5. The first-order valence-corrected chi connectivity index (χ1v) is 9.35. The smallest absolute Gasteiger partial charge is 0.342 e. The Balaban J connectivity index is 1.47. The van der Waals surface area contributed by atoms with Crippen LogP contribution in [0.4, 0.5) is 0 Å². The number of Topliss-reactive ketones (excluding diaryl/α,β-unsaturated/α-hetero) is 1. The molecule has 136 valence electrons. The van der Waals surface area contributed by atoms with E-state index in [-0.39, 0.29) is 23.4 Å². The van der Waals surface area contributed by atoms with Crippen molar-refractivity contribution in [2.75, 3.05) is 0 Å². The number of aliphatic hydroxyl groups excluding tert-OH is 1. The molecule has 0 radical (unpaired) electrons. The summed E-state index contributed by atoms with van der Waals surface area (Å²) in [6.07, 6.45) is 6.00. The summed E-state index contributed by atoms with van der Waals surface area (Å²) in [6, 6.07) is 1.49. The van der Waals surface area contributed by atoms with E-state index in [0.717, 1.165) is 19.3 Å². The summed E-state index contributed by atoms with van der Waals surface area (Å²) in [6.45, 7) is 3.08. The van der Waals surface area contributed by atoms with Crippen LogP contribution in [0.3, 0.4) is 0 Å². The third-order valence-corrected chi connectivity index (χ3v) is 6.56. The fourth-order valence-corrected chi connectivity index (χ4v) is 5.95. The molecule has 5 nitrogen and oxygen atoms in total. The Bertz CT molecular complexity index is 666. The minimum Gasteiger partial charge on any atom is -0.463 e. The van der Waals surface area contributed by atoms with E-state index in [9.17, 15) is 9.59 Å². The van der Waals surface area contributed by atoms with Gasteiger partial charge in [0, 0.05) is 5.41 Å². The van der Waals surface area contributed by atoms with E-state index in [2.05, 4.69) is 0 Å². The number of esters is 1. The van der Waals surface area contributed by atoms with Gasteiger partial charge in [0.15, 0.2) is 11.9 Å². The van der Waals surface area contributed by atoms with Crippen molar-refractivity contribution in [1.82, 2.24) is 0 Å². The molecular formula is C20H26O5.